The molecule has 0 aliphatic heterocycles. The summed E-state index contributed by atoms with van der Waals surface area (Å²) in [6.45, 7) is 1.71. The number of fused-ring (bicyclic) bond motifs is 1. The molecule has 0 radical (unpaired) electrons. The van der Waals surface area contributed by atoms with Gasteiger partial charge in [0.15, 0.2) is 5.01 Å². The van der Waals surface area contributed by atoms with Crippen molar-refractivity contribution in [1.82, 2.24) is 19.6 Å². The zero-order valence-electron chi connectivity index (χ0n) is 12.4. The van der Waals surface area contributed by atoms with Crippen molar-refractivity contribution in [2.45, 2.75) is 23.9 Å². The Labute approximate surface area is 144 Å². The van der Waals surface area contributed by atoms with Gasteiger partial charge in [0.05, 0.1) is 21.9 Å². The number of halogens is 5. The Kier molecular flexibility index (Phi) is 4.35. The Morgan fingerprint density at radius 1 is 1.28 bits per heavy atom. The molecule has 0 saturated carbocycles. The maximum atomic E-state index is 13.3. The van der Waals surface area contributed by atoms with Crippen molar-refractivity contribution in [3.63, 3.8) is 0 Å². The fourth-order valence-corrected chi connectivity index (χ4v) is 3.78. The van der Waals surface area contributed by atoms with Gasteiger partial charge in [0.1, 0.15) is 11.4 Å². The average molecular weight is 396 g/mol. The molecule has 3 aromatic heterocycles. The lowest BCUT2D eigenvalue weighted by atomic mass is 10.3. The van der Waals surface area contributed by atoms with Crippen LogP contribution in [0.5, 0.6) is 0 Å². The molecule has 12 heteroatoms. The first-order valence-electron chi connectivity index (χ1n) is 6.80. The molecule has 1 atom stereocenters. The molecule has 0 bridgehead atoms. The molecule has 1 unspecified atom stereocenters. The molecule has 0 amide bonds. The molecule has 0 N–H and O–H groups in total. The van der Waals surface area contributed by atoms with Gasteiger partial charge in [-0.1, -0.05) is 18.3 Å². The monoisotopic (exact) mass is 396 g/mol. The Hall–Kier alpha value is -1.95. The van der Waals surface area contributed by atoms with E-state index in [1.54, 1.807) is 19.1 Å². The lowest BCUT2D eigenvalue weighted by Crippen LogP contribution is -2.33. The van der Waals surface area contributed by atoms with Crippen LogP contribution < -0.4 is 0 Å². The van der Waals surface area contributed by atoms with Crippen molar-refractivity contribution in [2.75, 3.05) is 5.75 Å². The second-order valence-electron chi connectivity index (χ2n) is 4.82. The molecule has 0 aromatic carbocycles. The maximum Gasteiger partial charge on any atom is 0.460 e. The van der Waals surface area contributed by atoms with Crippen molar-refractivity contribution < 1.29 is 26.2 Å². The normalized spacial score (nSPS) is 14.2. The molecule has 134 valence electrons. The van der Waals surface area contributed by atoms with Gasteiger partial charge in [0.2, 0.25) is 4.96 Å². The number of aromatic nitrogens is 4. The smallest absolute Gasteiger partial charge is 0.254 e. The Bertz CT molecular complexity index is 918. The predicted octanol–water partition coefficient (Wildman–Crippen LogP) is 3.63. The third-order valence-electron chi connectivity index (χ3n) is 3.19. The average Bonchev–Trinajstić information content (AvgIpc) is 3.12. The number of pyridine rings is 1. The van der Waals surface area contributed by atoms with E-state index in [0.717, 1.165) is 4.52 Å². The van der Waals surface area contributed by atoms with Crippen LogP contribution in [-0.4, -0.2) is 35.7 Å². The minimum Gasteiger partial charge on any atom is -0.254 e. The summed E-state index contributed by atoms with van der Waals surface area (Å²) in [5.74, 6) is -4.72. The molecule has 25 heavy (non-hydrogen) atoms. The van der Waals surface area contributed by atoms with Crippen LogP contribution in [0.4, 0.5) is 22.0 Å². The lowest BCUT2D eigenvalue weighted by Gasteiger charge is -2.15. The van der Waals surface area contributed by atoms with Crippen LogP contribution in [0.25, 0.3) is 16.3 Å². The van der Waals surface area contributed by atoms with Gasteiger partial charge in [-0.2, -0.15) is 27.1 Å². The van der Waals surface area contributed by atoms with Gasteiger partial charge in [-0.05, 0) is 12.1 Å². The van der Waals surface area contributed by atoms with Crippen LogP contribution in [0.3, 0.4) is 0 Å². The second-order valence-corrected chi connectivity index (χ2v) is 7.48. The summed E-state index contributed by atoms with van der Waals surface area (Å²) in [7, 11) is -1.34. The third kappa shape index (κ3) is 3.03. The summed E-state index contributed by atoms with van der Waals surface area (Å²) in [5.41, 5.74) is 0.461. The summed E-state index contributed by atoms with van der Waals surface area (Å²) in [6, 6.07) is 3.18. The van der Waals surface area contributed by atoms with Crippen LogP contribution in [0.15, 0.2) is 29.4 Å². The third-order valence-corrected chi connectivity index (χ3v) is 5.53. The summed E-state index contributed by atoms with van der Waals surface area (Å²) >= 11 is 0.134. The molecule has 0 aliphatic carbocycles. The van der Waals surface area contributed by atoms with E-state index in [1.807, 2.05) is 0 Å². The quantitative estimate of drug-likeness (QED) is 0.632. The van der Waals surface area contributed by atoms with Crippen LogP contribution in [0.1, 0.15) is 11.9 Å². The SMILES string of the molecule is CCS(=O)c1cccnc1-c1cn2nc(C(F)(F)C(F)(F)F)sc2n1. The van der Waals surface area contributed by atoms with Crippen molar-refractivity contribution in [3.05, 3.63) is 29.5 Å². The zero-order valence-corrected chi connectivity index (χ0v) is 14.1. The van der Waals surface area contributed by atoms with E-state index in [9.17, 15) is 26.2 Å². The summed E-state index contributed by atoms with van der Waals surface area (Å²) < 4.78 is 76.9. The van der Waals surface area contributed by atoms with E-state index in [4.69, 9.17) is 0 Å². The standard InChI is InChI=1S/C13H9F5N4OS2/c1-2-25(23)8-4-3-5-19-9(8)7-6-22-11(20-7)24-10(21-22)12(14,15)13(16,17)18/h3-6H,2H2,1H3. The number of hydrogen-bond donors (Lipinski definition) is 0. The first kappa shape index (κ1) is 17.9. The molecular weight excluding hydrogens is 387 g/mol. The van der Waals surface area contributed by atoms with Crippen molar-refractivity contribution in [1.29, 1.82) is 0 Å². The number of alkyl halides is 5. The predicted molar refractivity (Wildman–Crippen MR) is 81.0 cm³/mol. The number of nitrogens with zero attached hydrogens (tertiary/aromatic N) is 4. The lowest BCUT2D eigenvalue weighted by molar-refractivity contribution is -0.289. The second kappa shape index (κ2) is 6.09. The van der Waals surface area contributed by atoms with Crippen LogP contribution >= 0.6 is 11.3 Å². The highest BCUT2D eigenvalue weighted by Gasteiger charge is 2.61. The topological polar surface area (TPSA) is 60.2 Å². The molecular formula is C13H9F5N4OS2. The maximum absolute atomic E-state index is 13.3. The van der Waals surface area contributed by atoms with Gasteiger partial charge in [0, 0.05) is 11.9 Å². The molecule has 5 nitrogen and oxygen atoms in total. The fraction of sp³-hybridized carbons (Fsp3) is 0.308. The molecule has 0 fully saturated rings. The number of rotatable bonds is 4. The van der Waals surface area contributed by atoms with Crippen molar-refractivity contribution in [3.8, 4) is 11.4 Å². The van der Waals surface area contributed by atoms with E-state index in [1.165, 1.54) is 12.4 Å². The molecule has 3 aromatic rings. The van der Waals surface area contributed by atoms with Gasteiger partial charge in [-0.25, -0.2) is 9.50 Å². The molecule has 0 aliphatic rings. The van der Waals surface area contributed by atoms with E-state index in [-0.39, 0.29) is 27.7 Å². The molecule has 3 rings (SSSR count). The fourth-order valence-electron chi connectivity index (χ4n) is 1.98. The first-order valence-corrected chi connectivity index (χ1v) is 8.93. The van der Waals surface area contributed by atoms with Gasteiger partial charge < -0.3 is 0 Å². The van der Waals surface area contributed by atoms with Crippen molar-refractivity contribution >= 4 is 27.1 Å². The Balaban J connectivity index is 2.06. The first-order chi connectivity index (χ1) is 11.6. The van der Waals surface area contributed by atoms with E-state index in [0.29, 0.717) is 10.6 Å². The van der Waals surface area contributed by atoms with E-state index < -0.39 is 27.9 Å². The van der Waals surface area contributed by atoms with E-state index >= 15 is 0 Å². The highest BCUT2D eigenvalue weighted by Crippen LogP contribution is 2.45. The van der Waals surface area contributed by atoms with E-state index in [2.05, 4.69) is 15.1 Å². The summed E-state index contributed by atoms with van der Waals surface area (Å²) in [6.07, 6.45) is -3.12. The highest BCUT2D eigenvalue weighted by molar-refractivity contribution is 7.85. The van der Waals surface area contributed by atoms with Gasteiger partial charge in [-0.3, -0.25) is 9.19 Å². The highest BCUT2D eigenvalue weighted by atomic mass is 32.2. The minimum absolute atomic E-state index is 0.134. The van der Waals surface area contributed by atoms with Crippen LogP contribution in [0.2, 0.25) is 0 Å². The molecule has 0 saturated heterocycles. The largest absolute Gasteiger partial charge is 0.460 e. The van der Waals surface area contributed by atoms with Crippen LogP contribution in [-0.2, 0) is 16.7 Å². The van der Waals surface area contributed by atoms with Crippen LogP contribution in [0, 0.1) is 0 Å². The zero-order chi connectivity index (χ0) is 18.4. The molecule has 0 spiro atoms. The summed E-state index contributed by atoms with van der Waals surface area (Å²) in [4.78, 5) is 8.34. The Morgan fingerprint density at radius 3 is 2.60 bits per heavy atom. The number of hydrogen-bond acceptors (Lipinski definition) is 5. The van der Waals surface area contributed by atoms with Gasteiger partial charge >= 0.3 is 12.1 Å². The minimum atomic E-state index is -5.74. The Morgan fingerprint density at radius 2 is 2.00 bits per heavy atom. The van der Waals surface area contributed by atoms with Gasteiger partial charge in [0.25, 0.3) is 0 Å². The summed E-state index contributed by atoms with van der Waals surface area (Å²) in [5, 5.41) is 1.89. The molecule has 3 heterocycles. The number of imidazole rings is 1. The van der Waals surface area contributed by atoms with Crippen molar-refractivity contribution in [2.24, 2.45) is 0 Å². The van der Waals surface area contributed by atoms with Gasteiger partial charge in [-0.15, -0.1) is 0 Å².